The average molecular weight is 310 g/mol. The van der Waals surface area contributed by atoms with Gasteiger partial charge in [0.15, 0.2) is 5.78 Å². The fourth-order valence-corrected chi connectivity index (χ4v) is 2.45. The zero-order valence-electron chi connectivity index (χ0n) is 12.4. The summed E-state index contributed by atoms with van der Waals surface area (Å²) in [5.74, 6) is -0.644. The summed E-state index contributed by atoms with van der Waals surface area (Å²) < 4.78 is 10.4. The molecule has 0 saturated heterocycles. The Balaban J connectivity index is 1.66. The highest BCUT2D eigenvalue weighted by molar-refractivity contribution is 5.95. The Morgan fingerprint density at radius 1 is 1.09 bits per heavy atom. The molecule has 0 saturated carbocycles. The minimum Gasteiger partial charge on any atom is -0.453 e. The molecule has 1 aliphatic heterocycles. The molecular weight excluding hydrogens is 296 g/mol. The lowest BCUT2D eigenvalue weighted by Gasteiger charge is -2.10. The van der Waals surface area contributed by atoms with Gasteiger partial charge in [-0.1, -0.05) is 18.2 Å². The number of carbonyl (C=O) groups is 3. The molecule has 2 aromatic rings. The number of benzene rings is 2. The van der Waals surface area contributed by atoms with Crippen molar-refractivity contribution in [3.8, 4) is 5.75 Å². The summed E-state index contributed by atoms with van der Waals surface area (Å²) in [6, 6.07) is 13.3. The van der Waals surface area contributed by atoms with Gasteiger partial charge in [0, 0.05) is 11.1 Å². The van der Waals surface area contributed by atoms with E-state index < -0.39 is 18.0 Å². The van der Waals surface area contributed by atoms with E-state index in [0.717, 1.165) is 0 Å². The molecule has 0 unspecified atom stereocenters. The molecule has 23 heavy (non-hydrogen) atoms. The van der Waals surface area contributed by atoms with Crippen molar-refractivity contribution in [2.45, 2.75) is 19.4 Å². The first-order valence-corrected chi connectivity index (χ1v) is 7.16. The summed E-state index contributed by atoms with van der Waals surface area (Å²) >= 11 is 0. The van der Waals surface area contributed by atoms with Crippen molar-refractivity contribution < 1.29 is 23.9 Å². The zero-order valence-corrected chi connectivity index (χ0v) is 12.4. The second kappa shape index (κ2) is 6.04. The number of fused-ring (bicyclic) bond motifs is 1. The number of hydrogen-bond acceptors (Lipinski definition) is 5. The lowest BCUT2D eigenvalue weighted by molar-refractivity contribution is -0.136. The van der Waals surface area contributed by atoms with Crippen LogP contribution in [0.5, 0.6) is 5.75 Å². The van der Waals surface area contributed by atoms with Crippen LogP contribution < -0.4 is 4.74 Å². The van der Waals surface area contributed by atoms with E-state index in [-0.39, 0.29) is 12.2 Å². The predicted molar refractivity (Wildman–Crippen MR) is 81.3 cm³/mol. The predicted octanol–water partition coefficient (Wildman–Crippen LogP) is 3.10. The number of rotatable bonds is 4. The standard InChI is InChI=1S/C18H14O5/c1-11(19)12-6-8-13(9-7-12)22-17(20)10-16-14-4-2-3-5-15(14)18(21)23-16/h2-9,16H,10H2,1H3/t16-/m1/s1. The molecule has 3 rings (SSSR count). The second-order valence-corrected chi connectivity index (χ2v) is 5.24. The Hall–Kier alpha value is -2.95. The number of ketones is 1. The summed E-state index contributed by atoms with van der Waals surface area (Å²) in [6.07, 6.45) is -0.681. The first-order chi connectivity index (χ1) is 11.0. The monoisotopic (exact) mass is 310 g/mol. The number of esters is 2. The van der Waals surface area contributed by atoms with E-state index in [1.807, 2.05) is 0 Å². The van der Waals surface area contributed by atoms with Crippen molar-refractivity contribution in [1.29, 1.82) is 0 Å². The van der Waals surface area contributed by atoms with Crippen LogP contribution in [0.3, 0.4) is 0 Å². The highest BCUT2D eigenvalue weighted by Crippen LogP contribution is 2.33. The molecule has 0 spiro atoms. The molecule has 0 amide bonds. The van der Waals surface area contributed by atoms with Crippen molar-refractivity contribution in [1.82, 2.24) is 0 Å². The Kier molecular flexibility index (Phi) is 3.93. The molecule has 5 heteroatoms. The van der Waals surface area contributed by atoms with Crippen LogP contribution in [0.25, 0.3) is 0 Å². The summed E-state index contributed by atoms with van der Waals surface area (Å²) in [5, 5.41) is 0. The number of carbonyl (C=O) groups excluding carboxylic acids is 3. The number of hydrogen-bond donors (Lipinski definition) is 0. The Bertz CT molecular complexity index is 776. The number of cyclic esters (lactones) is 1. The van der Waals surface area contributed by atoms with Gasteiger partial charge in [-0.2, -0.15) is 0 Å². The van der Waals surface area contributed by atoms with Crippen molar-refractivity contribution in [2.24, 2.45) is 0 Å². The third-order valence-corrected chi connectivity index (χ3v) is 3.62. The Labute approximate surface area is 132 Å². The van der Waals surface area contributed by atoms with Gasteiger partial charge in [-0.25, -0.2) is 4.79 Å². The van der Waals surface area contributed by atoms with Crippen LogP contribution in [-0.2, 0) is 9.53 Å². The molecule has 0 aliphatic carbocycles. The van der Waals surface area contributed by atoms with Crippen LogP contribution >= 0.6 is 0 Å². The molecule has 1 atom stereocenters. The van der Waals surface area contributed by atoms with Crippen LogP contribution in [-0.4, -0.2) is 17.7 Å². The summed E-state index contributed by atoms with van der Waals surface area (Å²) in [5.41, 5.74) is 1.72. The van der Waals surface area contributed by atoms with Gasteiger partial charge in [0.2, 0.25) is 0 Å². The topological polar surface area (TPSA) is 69.7 Å². The molecule has 0 N–H and O–H groups in total. The average Bonchev–Trinajstić information content (AvgIpc) is 2.84. The molecule has 5 nitrogen and oxygen atoms in total. The van der Waals surface area contributed by atoms with Gasteiger partial charge < -0.3 is 9.47 Å². The smallest absolute Gasteiger partial charge is 0.339 e. The molecule has 2 aromatic carbocycles. The second-order valence-electron chi connectivity index (χ2n) is 5.24. The molecule has 0 radical (unpaired) electrons. The molecule has 1 aliphatic rings. The van der Waals surface area contributed by atoms with Gasteiger partial charge in [-0.05, 0) is 37.3 Å². The maximum absolute atomic E-state index is 12.0. The summed E-state index contributed by atoms with van der Waals surface area (Å²) in [4.78, 5) is 34.9. The highest BCUT2D eigenvalue weighted by atomic mass is 16.6. The largest absolute Gasteiger partial charge is 0.453 e. The molecular formula is C18H14O5. The van der Waals surface area contributed by atoms with Gasteiger partial charge in [-0.3, -0.25) is 9.59 Å². The molecule has 0 aromatic heterocycles. The third-order valence-electron chi connectivity index (χ3n) is 3.62. The van der Waals surface area contributed by atoms with Crippen LogP contribution in [0.2, 0.25) is 0 Å². The lowest BCUT2D eigenvalue weighted by atomic mass is 10.0. The van der Waals surface area contributed by atoms with Crippen molar-refractivity contribution in [2.75, 3.05) is 0 Å². The van der Waals surface area contributed by atoms with Crippen LogP contribution in [0, 0.1) is 0 Å². The maximum atomic E-state index is 12.0. The van der Waals surface area contributed by atoms with E-state index in [4.69, 9.17) is 9.47 Å². The first kappa shape index (κ1) is 15.0. The number of ether oxygens (including phenoxy) is 2. The van der Waals surface area contributed by atoms with Gasteiger partial charge in [0.25, 0.3) is 0 Å². The van der Waals surface area contributed by atoms with E-state index in [0.29, 0.717) is 22.4 Å². The van der Waals surface area contributed by atoms with Gasteiger partial charge >= 0.3 is 11.9 Å². The molecule has 0 fully saturated rings. The maximum Gasteiger partial charge on any atom is 0.339 e. The molecule has 1 heterocycles. The Morgan fingerprint density at radius 3 is 2.48 bits per heavy atom. The van der Waals surface area contributed by atoms with E-state index in [2.05, 4.69) is 0 Å². The fourth-order valence-electron chi connectivity index (χ4n) is 2.45. The summed E-state index contributed by atoms with van der Waals surface area (Å²) in [7, 11) is 0. The van der Waals surface area contributed by atoms with Gasteiger partial charge in [0.05, 0.1) is 12.0 Å². The SMILES string of the molecule is CC(=O)c1ccc(OC(=O)C[C@H]2OC(=O)c3ccccc32)cc1. The Morgan fingerprint density at radius 2 is 1.78 bits per heavy atom. The van der Waals surface area contributed by atoms with Crippen molar-refractivity contribution >= 4 is 17.7 Å². The molecule has 0 bridgehead atoms. The third kappa shape index (κ3) is 3.13. The van der Waals surface area contributed by atoms with Crippen molar-refractivity contribution in [3.05, 3.63) is 65.2 Å². The van der Waals surface area contributed by atoms with Crippen LogP contribution in [0.4, 0.5) is 0 Å². The van der Waals surface area contributed by atoms with Crippen molar-refractivity contribution in [3.63, 3.8) is 0 Å². The van der Waals surface area contributed by atoms with Gasteiger partial charge in [0.1, 0.15) is 11.9 Å². The lowest BCUT2D eigenvalue weighted by Crippen LogP contribution is -2.13. The van der Waals surface area contributed by atoms with E-state index in [9.17, 15) is 14.4 Å². The zero-order chi connectivity index (χ0) is 16.4. The van der Waals surface area contributed by atoms with Gasteiger partial charge in [-0.15, -0.1) is 0 Å². The fraction of sp³-hybridized carbons (Fsp3) is 0.167. The highest BCUT2D eigenvalue weighted by Gasteiger charge is 2.32. The summed E-state index contributed by atoms with van der Waals surface area (Å²) in [6.45, 7) is 1.47. The normalized spacial score (nSPS) is 15.7. The van der Waals surface area contributed by atoms with E-state index >= 15 is 0 Å². The van der Waals surface area contributed by atoms with Crippen LogP contribution in [0.1, 0.15) is 45.7 Å². The number of Topliss-reactive ketones (excluding diaryl/α,β-unsaturated/α-hetero) is 1. The van der Waals surface area contributed by atoms with E-state index in [1.54, 1.807) is 48.5 Å². The van der Waals surface area contributed by atoms with E-state index in [1.165, 1.54) is 6.92 Å². The molecule has 116 valence electrons. The minimum absolute atomic E-state index is 0.0580. The van der Waals surface area contributed by atoms with Crippen LogP contribution in [0.15, 0.2) is 48.5 Å². The quantitative estimate of drug-likeness (QED) is 0.493. The minimum atomic E-state index is -0.623. The first-order valence-electron chi connectivity index (χ1n) is 7.16.